The average Bonchev–Trinajstić information content (AvgIpc) is 2.70. The third kappa shape index (κ3) is 6.40. The summed E-state index contributed by atoms with van der Waals surface area (Å²) in [6.07, 6.45) is -1.86. The zero-order valence-electron chi connectivity index (χ0n) is 17.7. The number of Topliss-reactive ketones (excluding diaryl/α,β-unsaturated/α-hetero) is 1. The van der Waals surface area contributed by atoms with Gasteiger partial charge in [-0.25, -0.2) is 4.79 Å². The minimum absolute atomic E-state index is 0.0138. The van der Waals surface area contributed by atoms with Gasteiger partial charge >= 0.3 is 12.0 Å². The van der Waals surface area contributed by atoms with Gasteiger partial charge in [0.15, 0.2) is 5.78 Å². The number of alkyl halides is 2. The highest BCUT2D eigenvalue weighted by Crippen LogP contribution is 2.26. The first-order chi connectivity index (χ1) is 13.9. The Morgan fingerprint density at radius 3 is 2.00 bits per heavy atom. The first-order valence-electron chi connectivity index (χ1n) is 9.75. The fourth-order valence-electron chi connectivity index (χ4n) is 2.95. The lowest BCUT2D eigenvalue weighted by atomic mass is 10.0. The number of amides is 2. The Kier molecular flexibility index (Phi) is 7.39. The van der Waals surface area contributed by atoms with E-state index in [1.807, 2.05) is 0 Å². The normalized spacial score (nSPS) is 15.0. The van der Waals surface area contributed by atoms with Crippen molar-refractivity contribution in [3.63, 3.8) is 0 Å². The van der Waals surface area contributed by atoms with Gasteiger partial charge in [-0.1, -0.05) is 0 Å². The van der Waals surface area contributed by atoms with Crippen molar-refractivity contribution >= 4 is 17.8 Å². The molecule has 0 radical (unpaired) electrons. The highest BCUT2D eigenvalue weighted by molar-refractivity contribution is 5.96. The predicted molar refractivity (Wildman–Crippen MR) is 106 cm³/mol. The van der Waals surface area contributed by atoms with E-state index in [0.717, 1.165) is 4.90 Å². The number of rotatable bonds is 6. The van der Waals surface area contributed by atoms with Crippen LogP contribution in [0.4, 0.5) is 13.6 Å². The number of carbonyl (C=O) groups is 3. The van der Waals surface area contributed by atoms with E-state index >= 15 is 0 Å². The topological polar surface area (TPSA) is 76.2 Å². The molecule has 1 fully saturated rings. The molecule has 1 aromatic rings. The van der Waals surface area contributed by atoms with Crippen molar-refractivity contribution in [2.24, 2.45) is 0 Å². The van der Waals surface area contributed by atoms with Crippen LogP contribution < -0.4 is 4.74 Å². The number of carbonyl (C=O) groups excluding carboxylic acids is 3. The summed E-state index contributed by atoms with van der Waals surface area (Å²) in [7, 11) is 1.48. The minimum atomic E-state index is -3.66. The van der Waals surface area contributed by atoms with Crippen LogP contribution in [-0.4, -0.2) is 72.4 Å². The third-order valence-corrected chi connectivity index (χ3v) is 4.61. The first-order valence-corrected chi connectivity index (χ1v) is 9.75. The van der Waals surface area contributed by atoms with Crippen molar-refractivity contribution in [3.8, 4) is 5.75 Å². The SMILES string of the molecule is COc1ccc(C(=O)CCC(F)(F)C(=O)N2CCN(C(=O)OC(C)(C)C)CC2)cc1. The van der Waals surface area contributed by atoms with Crippen molar-refractivity contribution in [1.82, 2.24) is 9.80 Å². The summed E-state index contributed by atoms with van der Waals surface area (Å²) in [6.45, 7) is 5.40. The van der Waals surface area contributed by atoms with Crippen molar-refractivity contribution in [2.45, 2.75) is 45.1 Å². The molecule has 0 unspecified atom stereocenters. The van der Waals surface area contributed by atoms with Crippen LogP contribution >= 0.6 is 0 Å². The second-order valence-electron chi connectivity index (χ2n) is 8.12. The van der Waals surface area contributed by atoms with Crippen LogP contribution in [-0.2, 0) is 9.53 Å². The molecule has 7 nitrogen and oxygen atoms in total. The van der Waals surface area contributed by atoms with Crippen LogP contribution in [0.3, 0.4) is 0 Å². The maximum Gasteiger partial charge on any atom is 0.410 e. The molecule has 0 N–H and O–H groups in total. The molecule has 1 aliphatic heterocycles. The van der Waals surface area contributed by atoms with E-state index in [2.05, 4.69) is 0 Å². The maximum absolute atomic E-state index is 14.4. The van der Waals surface area contributed by atoms with Crippen LogP contribution in [0.25, 0.3) is 0 Å². The van der Waals surface area contributed by atoms with E-state index in [1.54, 1.807) is 32.9 Å². The third-order valence-electron chi connectivity index (χ3n) is 4.61. The summed E-state index contributed by atoms with van der Waals surface area (Å²) < 4.78 is 39.1. The van der Waals surface area contributed by atoms with Gasteiger partial charge in [-0.3, -0.25) is 9.59 Å². The number of hydrogen-bond donors (Lipinski definition) is 0. The van der Waals surface area contributed by atoms with E-state index < -0.39 is 42.1 Å². The lowest BCUT2D eigenvalue weighted by molar-refractivity contribution is -0.159. The molecule has 1 saturated heterocycles. The largest absolute Gasteiger partial charge is 0.497 e. The summed E-state index contributed by atoms with van der Waals surface area (Å²) in [5.74, 6) is -4.90. The Hall–Kier alpha value is -2.71. The molecule has 2 rings (SSSR count). The molecule has 1 heterocycles. The van der Waals surface area contributed by atoms with E-state index in [1.165, 1.54) is 24.1 Å². The van der Waals surface area contributed by atoms with Gasteiger partial charge in [-0.05, 0) is 45.0 Å². The van der Waals surface area contributed by atoms with Crippen molar-refractivity contribution in [3.05, 3.63) is 29.8 Å². The highest BCUT2D eigenvalue weighted by Gasteiger charge is 2.43. The summed E-state index contributed by atoms with van der Waals surface area (Å²) >= 11 is 0. The van der Waals surface area contributed by atoms with Gasteiger partial charge in [0.25, 0.3) is 5.91 Å². The van der Waals surface area contributed by atoms with Gasteiger partial charge in [0.1, 0.15) is 11.4 Å². The van der Waals surface area contributed by atoms with E-state index in [0.29, 0.717) is 5.75 Å². The minimum Gasteiger partial charge on any atom is -0.497 e. The number of methoxy groups -OCH3 is 1. The number of benzene rings is 1. The zero-order valence-corrected chi connectivity index (χ0v) is 17.7. The Morgan fingerprint density at radius 2 is 1.50 bits per heavy atom. The number of ketones is 1. The molecule has 0 saturated carbocycles. The number of hydrogen-bond acceptors (Lipinski definition) is 5. The fourth-order valence-corrected chi connectivity index (χ4v) is 2.95. The fraction of sp³-hybridized carbons (Fsp3) is 0.571. The Morgan fingerprint density at radius 1 is 0.967 bits per heavy atom. The molecule has 9 heteroatoms. The molecule has 0 aromatic heterocycles. The molecule has 1 aromatic carbocycles. The zero-order chi connectivity index (χ0) is 22.5. The van der Waals surface area contributed by atoms with E-state index in [4.69, 9.17) is 9.47 Å². The molecule has 0 aliphatic carbocycles. The molecule has 30 heavy (non-hydrogen) atoms. The molecule has 1 aliphatic rings. The summed E-state index contributed by atoms with van der Waals surface area (Å²) in [5, 5.41) is 0. The van der Waals surface area contributed by atoms with Gasteiger partial charge in [-0.15, -0.1) is 0 Å². The molecular formula is C21H28F2N2O5. The summed E-state index contributed by atoms with van der Waals surface area (Å²) in [4.78, 5) is 38.9. The predicted octanol–water partition coefficient (Wildman–Crippen LogP) is 3.37. The van der Waals surface area contributed by atoms with Crippen LogP contribution in [0, 0.1) is 0 Å². The van der Waals surface area contributed by atoms with Crippen LogP contribution in [0.1, 0.15) is 44.0 Å². The second-order valence-corrected chi connectivity index (χ2v) is 8.12. The number of ether oxygens (including phenoxy) is 2. The van der Waals surface area contributed by atoms with Gasteiger partial charge < -0.3 is 19.3 Å². The summed E-state index contributed by atoms with van der Waals surface area (Å²) in [5.41, 5.74) is -0.377. The van der Waals surface area contributed by atoms with Gasteiger partial charge in [0.05, 0.1) is 7.11 Å². The highest BCUT2D eigenvalue weighted by atomic mass is 19.3. The van der Waals surface area contributed by atoms with Gasteiger partial charge in [0.2, 0.25) is 0 Å². The number of halogens is 2. The second kappa shape index (κ2) is 9.40. The smallest absolute Gasteiger partial charge is 0.410 e. The molecular weight excluding hydrogens is 398 g/mol. The lowest BCUT2D eigenvalue weighted by Gasteiger charge is -2.36. The molecule has 2 amide bonds. The number of piperazine rings is 1. The molecule has 0 bridgehead atoms. The molecule has 166 valence electrons. The average molecular weight is 426 g/mol. The van der Waals surface area contributed by atoms with E-state index in [-0.39, 0.29) is 31.7 Å². The monoisotopic (exact) mass is 426 g/mol. The van der Waals surface area contributed by atoms with Crippen molar-refractivity contribution in [1.29, 1.82) is 0 Å². The maximum atomic E-state index is 14.4. The quantitative estimate of drug-likeness (QED) is 0.652. The summed E-state index contributed by atoms with van der Waals surface area (Å²) in [6, 6.07) is 6.13. The number of nitrogens with zero attached hydrogens (tertiary/aromatic N) is 2. The van der Waals surface area contributed by atoms with Crippen molar-refractivity contribution in [2.75, 3.05) is 33.3 Å². The Balaban J connectivity index is 1.86. The first kappa shape index (κ1) is 23.6. The molecule has 0 spiro atoms. The van der Waals surface area contributed by atoms with Gasteiger partial charge in [-0.2, -0.15) is 8.78 Å². The van der Waals surface area contributed by atoms with Crippen LogP contribution in [0.2, 0.25) is 0 Å². The van der Waals surface area contributed by atoms with E-state index in [9.17, 15) is 23.2 Å². The van der Waals surface area contributed by atoms with Gasteiger partial charge in [0, 0.05) is 44.6 Å². The van der Waals surface area contributed by atoms with Crippen molar-refractivity contribution < 1.29 is 32.6 Å². The lowest BCUT2D eigenvalue weighted by Crippen LogP contribution is -2.55. The molecule has 0 atom stereocenters. The standard InChI is InChI=1S/C21H28F2N2O5/c1-20(2,3)30-19(28)25-13-11-24(12-14-25)18(27)21(22,23)10-9-17(26)15-5-7-16(29-4)8-6-15/h5-8H,9-14H2,1-4H3. The Bertz CT molecular complexity index is 767. The Labute approximate surface area is 174 Å². The van der Waals surface area contributed by atoms with Crippen LogP contribution in [0.15, 0.2) is 24.3 Å². The van der Waals surface area contributed by atoms with Crippen LogP contribution in [0.5, 0.6) is 5.75 Å².